The van der Waals surface area contributed by atoms with Crippen LogP contribution in [-0.2, 0) is 22.6 Å². The number of aromatic nitrogens is 1. The number of nitrogens with zero attached hydrogens (tertiary/aromatic N) is 3. The van der Waals surface area contributed by atoms with Gasteiger partial charge >= 0.3 is 0 Å². The van der Waals surface area contributed by atoms with E-state index in [1.807, 2.05) is 4.90 Å². The third kappa shape index (κ3) is 5.51. The first-order valence-corrected chi connectivity index (χ1v) is 10.2. The highest BCUT2D eigenvalue weighted by Crippen LogP contribution is 2.28. The van der Waals surface area contributed by atoms with Gasteiger partial charge in [0.05, 0.1) is 10.7 Å². The largest absolute Gasteiger partial charge is 0.356 e. The molecule has 3 rings (SSSR count). The van der Waals surface area contributed by atoms with E-state index in [0.29, 0.717) is 13.0 Å². The Balaban J connectivity index is 1.30. The molecule has 25 heavy (non-hydrogen) atoms. The molecule has 2 heterocycles. The van der Waals surface area contributed by atoms with E-state index in [2.05, 4.69) is 27.5 Å². The molecule has 1 aliphatic carbocycles. The Bertz CT molecular complexity index is 592. The van der Waals surface area contributed by atoms with Crippen molar-refractivity contribution in [2.75, 3.05) is 32.7 Å². The van der Waals surface area contributed by atoms with Gasteiger partial charge in [0.2, 0.25) is 11.8 Å². The molecule has 1 aliphatic heterocycles. The molecule has 7 heteroatoms. The Labute approximate surface area is 153 Å². The van der Waals surface area contributed by atoms with Crippen molar-refractivity contribution in [3.63, 3.8) is 0 Å². The van der Waals surface area contributed by atoms with Crippen LogP contribution < -0.4 is 5.32 Å². The average Bonchev–Trinajstić information content (AvgIpc) is 3.39. The second kappa shape index (κ2) is 8.76. The van der Waals surface area contributed by atoms with Crippen molar-refractivity contribution >= 4 is 23.2 Å². The van der Waals surface area contributed by atoms with Crippen molar-refractivity contribution in [1.82, 2.24) is 20.1 Å². The lowest BCUT2D eigenvalue weighted by Gasteiger charge is -2.34. The predicted molar refractivity (Wildman–Crippen MR) is 98.3 cm³/mol. The van der Waals surface area contributed by atoms with E-state index in [9.17, 15) is 9.59 Å². The van der Waals surface area contributed by atoms with Gasteiger partial charge < -0.3 is 10.2 Å². The third-order valence-corrected chi connectivity index (χ3v) is 5.87. The third-order valence-electron chi connectivity index (χ3n) is 4.83. The van der Waals surface area contributed by atoms with E-state index in [-0.39, 0.29) is 17.7 Å². The van der Waals surface area contributed by atoms with Gasteiger partial charge in [-0.2, -0.15) is 0 Å². The molecule has 0 radical (unpaired) electrons. The normalized spacial score (nSPS) is 18.4. The molecule has 2 aliphatic rings. The molecule has 6 nitrogen and oxygen atoms in total. The zero-order chi connectivity index (χ0) is 17.6. The summed E-state index contributed by atoms with van der Waals surface area (Å²) in [7, 11) is 0. The summed E-state index contributed by atoms with van der Waals surface area (Å²) in [6.07, 6.45) is 4.30. The number of piperazine rings is 1. The molecule has 1 saturated carbocycles. The number of aryl methyl sites for hydroxylation is 1. The van der Waals surface area contributed by atoms with Crippen LogP contribution in [0.25, 0.3) is 0 Å². The molecule has 1 N–H and O–H groups in total. The number of carbonyl (C=O) groups is 2. The average molecular weight is 365 g/mol. The molecular formula is C18H28N4O2S. The monoisotopic (exact) mass is 364 g/mol. The van der Waals surface area contributed by atoms with Gasteiger partial charge in [0.1, 0.15) is 0 Å². The van der Waals surface area contributed by atoms with Gasteiger partial charge in [0.25, 0.3) is 0 Å². The number of nitrogens with one attached hydrogen (secondary N) is 1. The van der Waals surface area contributed by atoms with Crippen molar-refractivity contribution in [3.05, 3.63) is 16.1 Å². The predicted octanol–water partition coefficient (Wildman–Crippen LogP) is 1.66. The lowest BCUT2D eigenvalue weighted by Crippen LogP contribution is -2.48. The second-order valence-electron chi connectivity index (χ2n) is 6.91. The van der Waals surface area contributed by atoms with Gasteiger partial charge in [-0.05, 0) is 25.7 Å². The van der Waals surface area contributed by atoms with E-state index in [1.54, 1.807) is 11.3 Å². The molecule has 138 valence electrons. The van der Waals surface area contributed by atoms with Crippen molar-refractivity contribution in [2.24, 2.45) is 5.92 Å². The summed E-state index contributed by atoms with van der Waals surface area (Å²) in [5, 5.41) is 6.26. The van der Waals surface area contributed by atoms with Crippen LogP contribution in [0.15, 0.2) is 5.38 Å². The molecule has 2 amide bonds. The van der Waals surface area contributed by atoms with Gasteiger partial charge in [-0.1, -0.05) is 6.92 Å². The maximum atomic E-state index is 12.3. The lowest BCUT2D eigenvalue weighted by molar-refractivity contribution is -0.133. The van der Waals surface area contributed by atoms with Gasteiger partial charge in [-0.25, -0.2) is 4.98 Å². The quantitative estimate of drug-likeness (QED) is 0.713. The number of carbonyl (C=O) groups excluding carboxylic acids is 2. The highest BCUT2D eigenvalue weighted by Gasteiger charge is 2.29. The van der Waals surface area contributed by atoms with E-state index in [1.165, 1.54) is 5.01 Å². The number of thiazole rings is 1. The standard InChI is InChI=1S/C18H28N4O2S/c1-2-16-20-15(13-25-16)12-21-8-10-22(11-9-21)17(23)4-3-7-19-18(24)14-5-6-14/h13-14H,2-12H2,1H3,(H,19,24). The lowest BCUT2D eigenvalue weighted by atomic mass is 10.2. The smallest absolute Gasteiger partial charge is 0.223 e. The minimum atomic E-state index is 0.161. The summed E-state index contributed by atoms with van der Waals surface area (Å²) in [4.78, 5) is 32.8. The van der Waals surface area contributed by atoms with Crippen LogP contribution in [0.2, 0.25) is 0 Å². The first-order chi connectivity index (χ1) is 12.2. The van der Waals surface area contributed by atoms with Crippen LogP contribution in [-0.4, -0.2) is 59.3 Å². The van der Waals surface area contributed by atoms with Crippen LogP contribution >= 0.6 is 11.3 Å². The summed E-state index contributed by atoms with van der Waals surface area (Å²) in [5.41, 5.74) is 1.15. The fourth-order valence-electron chi connectivity index (χ4n) is 3.07. The first kappa shape index (κ1) is 18.3. The van der Waals surface area contributed by atoms with Gasteiger partial charge in [0.15, 0.2) is 0 Å². The number of rotatable bonds is 8. The molecule has 0 atom stereocenters. The summed E-state index contributed by atoms with van der Waals surface area (Å²) in [5.74, 6) is 0.617. The molecule has 1 saturated heterocycles. The Morgan fingerprint density at radius 2 is 2.04 bits per heavy atom. The maximum Gasteiger partial charge on any atom is 0.223 e. The van der Waals surface area contributed by atoms with Crippen molar-refractivity contribution < 1.29 is 9.59 Å². The number of hydrogen-bond donors (Lipinski definition) is 1. The van der Waals surface area contributed by atoms with Crippen molar-refractivity contribution in [3.8, 4) is 0 Å². The van der Waals surface area contributed by atoms with E-state index < -0.39 is 0 Å². The van der Waals surface area contributed by atoms with Crippen LogP contribution in [0.5, 0.6) is 0 Å². The molecular weight excluding hydrogens is 336 g/mol. The van der Waals surface area contributed by atoms with Crippen molar-refractivity contribution in [2.45, 2.75) is 45.6 Å². The molecule has 1 aromatic heterocycles. The minimum absolute atomic E-state index is 0.161. The Hall–Kier alpha value is -1.47. The zero-order valence-corrected chi connectivity index (χ0v) is 15.8. The summed E-state index contributed by atoms with van der Waals surface area (Å²) < 4.78 is 0. The molecule has 1 aromatic rings. The Morgan fingerprint density at radius 3 is 2.68 bits per heavy atom. The fraction of sp³-hybridized carbons (Fsp3) is 0.722. The molecule has 0 bridgehead atoms. The van der Waals surface area contributed by atoms with Crippen LogP contribution in [0.3, 0.4) is 0 Å². The SMILES string of the molecule is CCc1nc(CN2CCN(C(=O)CCCNC(=O)C3CC3)CC2)cs1. The maximum absolute atomic E-state index is 12.3. The molecule has 0 aromatic carbocycles. The summed E-state index contributed by atoms with van der Waals surface area (Å²) in [6.45, 7) is 7.02. The highest BCUT2D eigenvalue weighted by molar-refractivity contribution is 7.09. The summed E-state index contributed by atoms with van der Waals surface area (Å²) in [6, 6.07) is 0. The first-order valence-electron chi connectivity index (χ1n) is 9.37. The van der Waals surface area contributed by atoms with Gasteiger partial charge in [-0.15, -0.1) is 11.3 Å². The van der Waals surface area contributed by atoms with Gasteiger partial charge in [-0.3, -0.25) is 14.5 Å². The second-order valence-corrected chi connectivity index (χ2v) is 7.85. The molecule has 0 spiro atoms. The fourth-order valence-corrected chi connectivity index (χ4v) is 3.80. The topological polar surface area (TPSA) is 65.5 Å². The van der Waals surface area contributed by atoms with E-state index in [4.69, 9.17) is 0 Å². The Kier molecular flexibility index (Phi) is 6.42. The van der Waals surface area contributed by atoms with E-state index >= 15 is 0 Å². The number of hydrogen-bond acceptors (Lipinski definition) is 5. The molecule has 2 fully saturated rings. The highest BCUT2D eigenvalue weighted by atomic mass is 32.1. The molecule has 0 unspecified atom stereocenters. The van der Waals surface area contributed by atoms with Gasteiger partial charge in [0, 0.05) is 57.0 Å². The number of amides is 2. The summed E-state index contributed by atoms with van der Waals surface area (Å²) >= 11 is 1.73. The van der Waals surface area contributed by atoms with Crippen LogP contribution in [0.4, 0.5) is 0 Å². The van der Waals surface area contributed by atoms with Crippen LogP contribution in [0.1, 0.15) is 43.3 Å². The van der Waals surface area contributed by atoms with Crippen molar-refractivity contribution in [1.29, 1.82) is 0 Å². The Morgan fingerprint density at radius 1 is 1.28 bits per heavy atom. The van der Waals surface area contributed by atoms with Crippen LogP contribution in [0, 0.1) is 5.92 Å². The van der Waals surface area contributed by atoms with E-state index in [0.717, 1.165) is 64.1 Å². The zero-order valence-electron chi connectivity index (χ0n) is 15.0. The minimum Gasteiger partial charge on any atom is -0.356 e.